The van der Waals surface area contributed by atoms with Crippen molar-refractivity contribution < 1.29 is 4.79 Å². The summed E-state index contributed by atoms with van der Waals surface area (Å²) >= 11 is 8.39. The molecule has 0 unspecified atom stereocenters. The molecule has 0 atom stereocenters. The lowest BCUT2D eigenvalue weighted by atomic mass is 10.1. The van der Waals surface area contributed by atoms with E-state index >= 15 is 0 Å². The van der Waals surface area contributed by atoms with E-state index in [1.807, 2.05) is 58.4 Å². The third-order valence-corrected chi connectivity index (χ3v) is 5.33. The maximum Gasteiger partial charge on any atom is 0.255 e. The number of nitrogens with one attached hydrogen (secondary N) is 1. The van der Waals surface area contributed by atoms with Gasteiger partial charge in [-0.05, 0) is 79.5 Å². The van der Waals surface area contributed by atoms with Crippen LogP contribution in [0.3, 0.4) is 0 Å². The van der Waals surface area contributed by atoms with E-state index in [1.54, 1.807) is 6.07 Å². The van der Waals surface area contributed by atoms with E-state index in [1.165, 1.54) is 0 Å². The lowest BCUT2D eigenvalue weighted by Crippen LogP contribution is -2.29. The van der Waals surface area contributed by atoms with Crippen molar-refractivity contribution in [3.8, 4) is 0 Å². The lowest BCUT2D eigenvalue weighted by molar-refractivity contribution is 0.102. The smallest absolute Gasteiger partial charge is 0.255 e. The highest BCUT2D eigenvalue weighted by Gasteiger charge is 2.13. The first-order valence-electron chi connectivity index (χ1n) is 8.01. The molecule has 2 rings (SSSR count). The standard InChI is InChI=1S/C19H23ClIN3O/c1-13-5-6-14(11-16(13)21)19(25)22-17-12-15(20)7-8-18(17)24(4)10-9-23(2)3/h5-8,11-12H,9-10H2,1-4H3,(H,22,25). The Bertz CT molecular complexity index is 764. The molecule has 0 saturated heterocycles. The maximum atomic E-state index is 12.6. The first kappa shape index (κ1) is 20.0. The SMILES string of the molecule is Cc1ccc(C(=O)Nc2cc(Cl)ccc2N(C)CCN(C)C)cc1I. The van der Waals surface area contributed by atoms with Crippen LogP contribution in [0.5, 0.6) is 0 Å². The summed E-state index contributed by atoms with van der Waals surface area (Å²) in [7, 11) is 6.09. The van der Waals surface area contributed by atoms with Gasteiger partial charge in [0.05, 0.1) is 11.4 Å². The van der Waals surface area contributed by atoms with Crippen LogP contribution in [0.2, 0.25) is 5.02 Å². The fraction of sp³-hybridized carbons (Fsp3) is 0.316. The number of carbonyl (C=O) groups excluding carboxylic acids is 1. The van der Waals surface area contributed by atoms with Crippen molar-refractivity contribution in [2.75, 3.05) is 44.4 Å². The summed E-state index contributed by atoms with van der Waals surface area (Å²) in [5.41, 5.74) is 3.46. The van der Waals surface area contributed by atoms with Crippen molar-refractivity contribution >= 4 is 51.5 Å². The zero-order chi connectivity index (χ0) is 18.6. The summed E-state index contributed by atoms with van der Waals surface area (Å²) in [6, 6.07) is 11.3. The Labute approximate surface area is 168 Å². The quantitative estimate of drug-likeness (QED) is 0.630. The number of halogens is 2. The van der Waals surface area contributed by atoms with E-state index in [0.717, 1.165) is 27.9 Å². The van der Waals surface area contributed by atoms with Crippen molar-refractivity contribution in [2.45, 2.75) is 6.92 Å². The Morgan fingerprint density at radius 3 is 2.48 bits per heavy atom. The number of nitrogens with zero attached hydrogens (tertiary/aromatic N) is 2. The summed E-state index contributed by atoms with van der Waals surface area (Å²) in [4.78, 5) is 16.9. The van der Waals surface area contributed by atoms with E-state index in [0.29, 0.717) is 16.3 Å². The number of hydrogen-bond acceptors (Lipinski definition) is 3. The molecule has 0 aliphatic heterocycles. The zero-order valence-corrected chi connectivity index (χ0v) is 17.9. The van der Waals surface area contributed by atoms with Crippen LogP contribution in [0.4, 0.5) is 11.4 Å². The Hall–Kier alpha value is -1.31. The second-order valence-corrected chi connectivity index (χ2v) is 7.90. The molecule has 6 heteroatoms. The van der Waals surface area contributed by atoms with Crippen molar-refractivity contribution in [1.29, 1.82) is 0 Å². The molecule has 1 amide bonds. The van der Waals surface area contributed by atoms with Gasteiger partial charge in [0.15, 0.2) is 0 Å². The van der Waals surface area contributed by atoms with Crippen LogP contribution in [0, 0.1) is 10.5 Å². The fourth-order valence-corrected chi connectivity index (χ4v) is 3.03. The molecule has 0 bridgehead atoms. The average Bonchev–Trinajstić information content (AvgIpc) is 2.55. The number of likely N-dealkylation sites (N-methyl/N-ethyl adjacent to an activating group) is 2. The Kier molecular flexibility index (Phi) is 7.10. The molecule has 0 saturated carbocycles. The largest absolute Gasteiger partial charge is 0.372 e. The molecular formula is C19H23ClIN3O. The highest BCUT2D eigenvalue weighted by molar-refractivity contribution is 14.1. The molecule has 4 nitrogen and oxygen atoms in total. The Balaban J connectivity index is 2.23. The number of carbonyl (C=O) groups is 1. The Morgan fingerprint density at radius 1 is 1.12 bits per heavy atom. The molecule has 1 N–H and O–H groups in total. The summed E-state index contributed by atoms with van der Waals surface area (Å²) in [6.45, 7) is 3.79. The third kappa shape index (κ3) is 5.59. The molecule has 0 spiro atoms. The van der Waals surface area contributed by atoms with Gasteiger partial charge in [0.25, 0.3) is 5.91 Å². The highest BCUT2D eigenvalue weighted by Crippen LogP contribution is 2.29. The average molecular weight is 472 g/mol. The second-order valence-electron chi connectivity index (χ2n) is 6.30. The summed E-state index contributed by atoms with van der Waals surface area (Å²) in [5, 5.41) is 3.60. The summed E-state index contributed by atoms with van der Waals surface area (Å²) < 4.78 is 1.07. The van der Waals surface area contributed by atoms with Crippen LogP contribution in [0.15, 0.2) is 36.4 Å². The number of rotatable bonds is 6. The lowest BCUT2D eigenvalue weighted by Gasteiger charge is -2.24. The van der Waals surface area contributed by atoms with Gasteiger partial charge in [-0.1, -0.05) is 17.7 Å². The van der Waals surface area contributed by atoms with Crippen LogP contribution in [-0.4, -0.2) is 45.0 Å². The van der Waals surface area contributed by atoms with E-state index in [2.05, 4.69) is 37.7 Å². The van der Waals surface area contributed by atoms with Crippen molar-refractivity contribution in [1.82, 2.24) is 4.90 Å². The van der Waals surface area contributed by atoms with Crippen molar-refractivity contribution in [2.24, 2.45) is 0 Å². The number of hydrogen-bond donors (Lipinski definition) is 1. The molecule has 2 aromatic carbocycles. The number of aryl methyl sites for hydroxylation is 1. The van der Waals surface area contributed by atoms with Crippen molar-refractivity contribution in [3.63, 3.8) is 0 Å². The van der Waals surface area contributed by atoms with Gasteiger partial charge in [-0.25, -0.2) is 0 Å². The minimum Gasteiger partial charge on any atom is -0.372 e. The van der Waals surface area contributed by atoms with Crippen LogP contribution in [-0.2, 0) is 0 Å². The molecule has 25 heavy (non-hydrogen) atoms. The van der Waals surface area contributed by atoms with Gasteiger partial charge in [-0.2, -0.15) is 0 Å². The van der Waals surface area contributed by atoms with Crippen molar-refractivity contribution in [3.05, 3.63) is 56.1 Å². The topological polar surface area (TPSA) is 35.6 Å². The van der Waals surface area contributed by atoms with Gasteiger partial charge in [0.2, 0.25) is 0 Å². The molecule has 0 fully saturated rings. The van der Waals surface area contributed by atoms with Crippen LogP contribution in [0.25, 0.3) is 0 Å². The molecule has 2 aromatic rings. The number of anilines is 2. The van der Waals surface area contributed by atoms with Gasteiger partial charge in [0.1, 0.15) is 0 Å². The predicted molar refractivity (Wildman–Crippen MR) is 115 cm³/mol. The van der Waals surface area contributed by atoms with Gasteiger partial charge >= 0.3 is 0 Å². The van der Waals surface area contributed by atoms with Gasteiger partial charge in [-0.3, -0.25) is 4.79 Å². The predicted octanol–water partition coefficient (Wildman–Crippen LogP) is 4.50. The van der Waals surface area contributed by atoms with E-state index in [4.69, 9.17) is 11.6 Å². The monoisotopic (exact) mass is 471 g/mol. The minimum atomic E-state index is -0.137. The van der Waals surface area contributed by atoms with Crippen LogP contribution < -0.4 is 10.2 Å². The normalized spacial score (nSPS) is 10.8. The van der Waals surface area contributed by atoms with Gasteiger partial charge in [0, 0.05) is 34.3 Å². The number of amides is 1. The zero-order valence-electron chi connectivity index (χ0n) is 14.9. The maximum absolute atomic E-state index is 12.6. The first-order valence-corrected chi connectivity index (χ1v) is 9.46. The molecule has 0 aliphatic rings. The van der Waals surface area contributed by atoms with E-state index in [-0.39, 0.29) is 5.91 Å². The highest BCUT2D eigenvalue weighted by atomic mass is 127. The van der Waals surface area contributed by atoms with Gasteiger partial charge < -0.3 is 15.1 Å². The summed E-state index contributed by atoms with van der Waals surface area (Å²) in [6.07, 6.45) is 0. The molecule has 0 aromatic heterocycles. The first-order chi connectivity index (χ1) is 11.8. The van der Waals surface area contributed by atoms with Crippen LogP contribution >= 0.6 is 34.2 Å². The molecular weight excluding hydrogens is 449 g/mol. The fourth-order valence-electron chi connectivity index (χ4n) is 2.34. The van der Waals surface area contributed by atoms with Gasteiger partial charge in [-0.15, -0.1) is 0 Å². The molecule has 0 heterocycles. The molecule has 0 radical (unpaired) electrons. The minimum absolute atomic E-state index is 0.137. The van der Waals surface area contributed by atoms with E-state index < -0.39 is 0 Å². The second kappa shape index (κ2) is 8.87. The van der Waals surface area contributed by atoms with E-state index in [9.17, 15) is 4.79 Å². The number of benzene rings is 2. The summed E-state index contributed by atoms with van der Waals surface area (Å²) in [5.74, 6) is -0.137. The Morgan fingerprint density at radius 2 is 1.84 bits per heavy atom. The van der Waals surface area contributed by atoms with Crippen LogP contribution in [0.1, 0.15) is 15.9 Å². The molecule has 134 valence electrons. The third-order valence-electron chi connectivity index (χ3n) is 3.93. The molecule has 0 aliphatic carbocycles.